The molecule has 0 spiro atoms. The fourth-order valence-corrected chi connectivity index (χ4v) is 1.57. The van der Waals surface area contributed by atoms with Gasteiger partial charge in [-0.1, -0.05) is 11.6 Å². The SMILES string of the molecule is CC(C)N(C=O)c1cc(Cl)ncc1N(C)C. The zero-order chi connectivity index (χ0) is 12.3. The summed E-state index contributed by atoms with van der Waals surface area (Å²) in [5.41, 5.74) is 1.64. The summed E-state index contributed by atoms with van der Waals surface area (Å²) in [7, 11) is 3.80. The minimum absolute atomic E-state index is 0.0784. The van der Waals surface area contributed by atoms with E-state index in [-0.39, 0.29) is 6.04 Å². The molecule has 0 aliphatic rings. The molecule has 0 radical (unpaired) electrons. The number of hydrogen-bond donors (Lipinski definition) is 0. The van der Waals surface area contributed by atoms with Gasteiger partial charge in [0.1, 0.15) is 5.15 Å². The Hall–Kier alpha value is -1.29. The van der Waals surface area contributed by atoms with Crippen LogP contribution in [-0.4, -0.2) is 31.5 Å². The van der Waals surface area contributed by atoms with E-state index in [1.165, 1.54) is 0 Å². The van der Waals surface area contributed by atoms with E-state index in [4.69, 9.17) is 11.6 Å². The molecule has 0 bridgehead atoms. The number of pyridine rings is 1. The second-order valence-electron chi connectivity index (χ2n) is 4.00. The molecule has 0 unspecified atom stereocenters. The van der Waals surface area contributed by atoms with Crippen LogP contribution in [0.2, 0.25) is 5.15 Å². The molecule has 88 valence electrons. The summed E-state index contributed by atoms with van der Waals surface area (Å²) in [4.78, 5) is 18.6. The Morgan fingerprint density at radius 3 is 2.44 bits per heavy atom. The van der Waals surface area contributed by atoms with Gasteiger partial charge in [-0.2, -0.15) is 0 Å². The Kier molecular flexibility index (Phi) is 4.12. The summed E-state index contributed by atoms with van der Waals surface area (Å²) in [6, 6.07) is 1.78. The molecule has 0 saturated heterocycles. The van der Waals surface area contributed by atoms with Crippen molar-refractivity contribution in [2.75, 3.05) is 23.9 Å². The van der Waals surface area contributed by atoms with Crippen molar-refractivity contribution in [3.8, 4) is 0 Å². The number of aromatic nitrogens is 1. The monoisotopic (exact) mass is 241 g/mol. The van der Waals surface area contributed by atoms with E-state index >= 15 is 0 Å². The summed E-state index contributed by atoms with van der Waals surface area (Å²) >= 11 is 5.86. The Morgan fingerprint density at radius 1 is 1.38 bits per heavy atom. The lowest BCUT2D eigenvalue weighted by molar-refractivity contribution is -0.107. The molecule has 1 heterocycles. The summed E-state index contributed by atoms with van der Waals surface area (Å²) in [6.07, 6.45) is 2.47. The van der Waals surface area contributed by atoms with Gasteiger partial charge in [0.15, 0.2) is 0 Å². The lowest BCUT2D eigenvalue weighted by Gasteiger charge is -2.27. The van der Waals surface area contributed by atoms with Gasteiger partial charge in [0.25, 0.3) is 0 Å². The van der Waals surface area contributed by atoms with Crippen molar-refractivity contribution < 1.29 is 4.79 Å². The predicted octanol–water partition coefficient (Wildman–Crippen LogP) is 2.17. The molecule has 5 heteroatoms. The van der Waals surface area contributed by atoms with E-state index < -0.39 is 0 Å². The van der Waals surface area contributed by atoms with E-state index in [0.29, 0.717) is 5.15 Å². The first-order chi connectivity index (χ1) is 7.47. The van der Waals surface area contributed by atoms with E-state index in [9.17, 15) is 4.79 Å². The fourth-order valence-electron chi connectivity index (χ4n) is 1.42. The normalized spacial score (nSPS) is 10.4. The first-order valence-corrected chi connectivity index (χ1v) is 5.41. The third kappa shape index (κ3) is 2.64. The van der Waals surface area contributed by atoms with Gasteiger partial charge in [-0.3, -0.25) is 4.79 Å². The van der Waals surface area contributed by atoms with Crippen molar-refractivity contribution in [1.29, 1.82) is 0 Å². The number of anilines is 2. The Labute approximate surface area is 101 Å². The zero-order valence-corrected chi connectivity index (χ0v) is 10.7. The first kappa shape index (κ1) is 12.8. The summed E-state index contributed by atoms with van der Waals surface area (Å²) < 4.78 is 0. The molecule has 1 aromatic heterocycles. The molecule has 1 aromatic rings. The molecular formula is C11H16ClN3O. The molecule has 4 nitrogen and oxygen atoms in total. The van der Waals surface area contributed by atoms with Crippen LogP contribution in [0.3, 0.4) is 0 Å². The minimum atomic E-state index is 0.0784. The molecule has 0 aromatic carbocycles. The summed E-state index contributed by atoms with van der Waals surface area (Å²) in [5.74, 6) is 0. The number of nitrogens with zero attached hydrogens (tertiary/aromatic N) is 3. The number of halogens is 1. The van der Waals surface area contributed by atoms with Gasteiger partial charge < -0.3 is 9.80 Å². The van der Waals surface area contributed by atoms with Crippen LogP contribution in [0.15, 0.2) is 12.3 Å². The highest BCUT2D eigenvalue weighted by Gasteiger charge is 2.15. The van der Waals surface area contributed by atoms with Crippen molar-refractivity contribution >= 4 is 29.4 Å². The molecule has 0 N–H and O–H groups in total. The van der Waals surface area contributed by atoms with Crippen LogP contribution < -0.4 is 9.80 Å². The van der Waals surface area contributed by atoms with E-state index in [0.717, 1.165) is 17.8 Å². The van der Waals surface area contributed by atoms with E-state index in [2.05, 4.69) is 4.98 Å². The Morgan fingerprint density at radius 2 is 2.00 bits per heavy atom. The van der Waals surface area contributed by atoms with Crippen LogP contribution in [-0.2, 0) is 4.79 Å². The number of rotatable bonds is 4. The Balaban J connectivity index is 3.27. The van der Waals surface area contributed by atoms with Gasteiger partial charge in [-0.05, 0) is 13.8 Å². The van der Waals surface area contributed by atoms with Crippen molar-refractivity contribution in [3.63, 3.8) is 0 Å². The van der Waals surface area contributed by atoms with E-state index in [1.807, 2.05) is 32.8 Å². The van der Waals surface area contributed by atoms with Gasteiger partial charge in [0.05, 0.1) is 17.6 Å². The van der Waals surface area contributed by atoms with Crippen LogP contribution in [0.5, 0.6) is 0 Å². The molecule has 0 atom stereocenters. The maximum absolute atomic E-state index is 11.1. The van der Waals surface area contributed by atoms with Crippen molar-refractivity contribution in [1.82, 2.24) is 4.98 Å². The predicted molar refractivity (Wildman–Crippen MR) is 67.3 cm³/mol. The molecule has 0 saturated carbocycles. The van der Waals surface area contributed by atoms with Crippen molar-refractivity contribution in [3.05, 3.63) is 17.4 Å². The number of hydrogen-bond acceptors (Lipinski definition) is 3. The zero-order valence-electron chi connectivity index (χ0n) is 9.94. The van der Waals surface area contributed by atoms with Crippen LogP contribution in [0.1, 0.15) is 13.8 Å². The van der Waals surface area contributed by atoms with Crippen LogP contribution in [0.4, 0.5) is 11.4 Å². The van der Waals surface area contributed by atoms with Crippen LogP contribution in [0, 0.1) is 0 Å². The van der Waals surface area contributed by atoms with Gasteiger partial charge in [-0.15, -0.1) is 0 Å². The van der Waals surface area contributed by atoms with Crippen LogP contribution >= 0.6 is 11.6 Å². The first-order valence-electron chi connectivity index (χ1n) is 5.04. The number of carbonyl (C=O) groups excluding carboxylic acids is 1. The molecule has 0 aliphatic carbocycles. The van der Waals surface area contributed by atoms with Gasteiger partial charge >= 0.3 is 0 Å². The van der Waals surface area contributed by atoms with Gasteiger partial charge in [0, 0.05) is 26.2 Å². The lowest BCUT2D eigenvalue weighted by Crippen LogP contribution is -2.30. The lowest BCUT2D eigenvalue weighted by atomic mass is 10.2. The fraction of sp³-hybridized carbons (Fsp3) is 0.455. The maximum Gasteiger partial charge on any atom is 0.214 e. The van der Waals surface area contributed by atoms with Crippen LogP contribution in [0.25, 0.3) is 0 Å². The quantitative estimate of drug-likeness (QED) is 0.599. The molecule has 0 fully saturated rings. The highest BCUT2D eigenvalue weighted by atomic mass is 35.5. The molecule has 1 amide bonds. The third-order valence-electron chi connectivity index (χ3n) is 2.26. The topological polar surface area (TPSA) is 36.4 Å². The minimum Gasteiger partial charge on any atom is -0.375 e. The maximum atomic E-state index is 11.1. The van der Waals surface area contributed by atoms with Gasteiger partial charge in [0.2, 0.25) is 6.41 Å². The number of carbonyl (C=O) groups is 1. The average molecular weight is 242 g/mol. The molecule has 1 rings (SSSR count). The molecular weight excluding hydrogens is 226 g/mol. The summed E-state index contributed by atoms with van der Waals surface area (Å²) in [6.45, 7) is 3.89. The molecule has 16 heavy (non-hydrogen) atoms. The third-order valence-corrected chi connectivity index (χ3v) is 2.46. The molecule has 0 aliphatic heterocycles. The Bertz CT molecular complexity index is 379. The average Bonchev–Trinajstić information content (AvgIpc) is 2.17. The van der Waals surface area contributed by atoms with E-state index in [1.54, 1.807) is 17.2 Å². The highest BCUT2D eigenvalue weighted by Crippen LogP contribution is 2.29. The van der Waals surface area contributed by atoms with Crippen molar-refractivity contribution in [2.24, 2.45) is 0 Å². The second kappa shape index (κ2) is 5.16. The number of amides is 1. The van der Waals surface area contributed by atoms with Gasteiger partial charge in [-0.25, -0.2) is 4.98 Å². The smallest absolute Gasteiger partial charge is 0.214 e. The standard InChI is InChI=1S/C11H16ClN3O/c1-8(2)15(7-16)9-5-11(12)13-6-10(9)14(3)4/h5-8H,1-4H3. The highest BCUT2D eigenvalue weighted by molar-refractivity contribution is 6.29. The van der Waals surface area contributed by atoms with Crippen molar-refractivity contribution in [2.45, 2.75) is 19.9 Å². The largest absolute Gasteiger partial charge is 0.375 e. The summed E-state index contributed by atoms with van der Waals surface area (Å²) in [5, 5.41) is 0.383. The second-order valence-corrected chi connectivity index (χ2v) is 4.38.